The van der Waals surface area contributed by atoms with Gasteiger partial charge in [0.25, 0.3) is 0 Å². The van der Waals surface area contributed by atoms with Gasteiger partial charge in [0, 0.05) is 18.7 Å². The summed E-state index contributed by atoms with van der Waals surface area (Å²) < 4.78 is 5.42. The van der Waals surface area contributed by atoms with Crippen molar-refractivity contribution in [1.82, 2.24) is 10.1 Å². The quantitative estimate of drug-likeness (QED) is 0.782. The molecular formula is C18H19N3O2. The van der Waals surface area contributed by atoms with Crippen molar-refractivity contribution in [3.05, 3.63) is 66.1 Å². The molecule has 0 aliphatic heterocycles. The largest absolute Gasteiger partial charge is 0.387 e. The highest BCUT2D eigenvalue weighted by molar-refractivity contribution is 5.58. The van der Waals surface area contributed by atoms with E-state index >= 15 is 0 Å². The second kappa shape index (κ2) is 6.62. The van der Waals surface area contributed by atoms with Crippen LogP contribution in [0, 0.1) is 0 Å². The second-order valence-electron chi connectivity index (χ2n) is 5.50. The highest BCUT2D eigenvalue weighted by Crippen LogP contribution is 2.21. The Kier molecular flexibility index (Phi) is 4.39. The SMILES string of the molecule is C[C@@H](O)c1cccc(N(C)Cc2cc(-c3ccccc3)no2)n1. The standard InChI is InChI=1S/C18H19N3O2/c1-13(22)16-9-6-10-18(19-16)21(2)12-15-11-17(20-23-15)14-7-4-3-5-8-14/h3-11,13,22H,12H2,1-2H3/t13-/m1/s1. The van der Waals surface area contributed by atoms with E-state index < -0.39 is 6.10 Å². The molecule has 0 bridgehead atoms. The zero-order chi connectivity index (χ0) is 16.2. The predicted octanol–water partition coefficient (Wildman–Crippen LogP) is 3.43. The fraction of sp³-hybridized carbons (Fsp3) is 0.222. The molecule has 2 heterocycles. The zero-order valence-corrected chi connectivity index (χ0v) is 13.2. The molecule has 0 saturated carbocycles. The topological polar surface area (TPSA) is 62.4 Å². The highest BCUT2D eigenvalue weighted by atomic mass is 16.5. The minimum absolute atomic E-state index is 0.552. The smallest absolute Gasteiger partial charge is 0.156 e. The van der Waals surface area contributed by atoms with Crippen LogP contribution in [0.2, 0.25) is 0 Å². The summed E-state index contributed by atoms with van der Waals surface area (Å²) in [5.41, 5.74) is 2.50. The third-order valence-electron chi connectivity index (χ3n) is 3.60. The summed E-state index contributed by atoms with van der Waals surface area (Å²) in [6, 6.07) is 17.4. The van der Waals surface area contributed by atoms with Gasteiger partial charge in [-0.1, -0.05) is 41.6 Å². The number of aromatic nitrogens is 2. The van der Waals surface area contributed by atoms with Crippen molar-refractivity contribution in [3.8, 4) is 11.3 Å². The molecule has 1 atom stereocenters. The Hall–Kier alpha value is -2.66. The van der Waals surface area contributed by atoms with E-state index in [0.717, 1.165) is 22.8 Å². The maximum Gasteiger partial charge on any atom is 0.156 e. The van der Waals surface area contributed by atoms with Crippen LogP contribution in [0.1, 0.15) is 24.5 Å². The first-order valence-electron chi connectivity index (χ1n) is 7.50. The molecule has 1 N–H and O–H groups in total. The molecule has 0 radical (unpaired) electrons. The van der Waals surface area contributed by atoms with Gasteiger partial charge >= 0.3 is 0 Å². The van der Waals surface area contributed by atoms with Crippen molar-refractivity contribution in [3.63, 3.8) is 0 Å². The van der Waals surface area contributed by atoms with Crippen molar-refractivity contribution in [2.75, 3.05) is 11.9 Å². The van der Waals surface area contributed by atoms with Crippen LogP contribution >= 0.6 is 0 Å². The number of aliphatic hydroxyl groups excluding tert-OH is 1. The number of nitrogens with zero attached hydrogens (tertiary/aromatic N) is 3. The van der Waals surface area contributed by atoms with Gasteiger partial charge in [0.2, 0.25) is 0 Å². The summed E-state index contributed by atoms with van der Waals surface area (Å²) in [4.78, 5) is 6.41. The Balaban J connectivity index is 1.75. The molecular weight excluding hydrogens is 290 g/mol. The van der Waals surface area contributed by atoms with E-state index in [2.05, 4.69) is 10.1 Å². The van der Waals surface area contributed by atoms with Crippen molar-refractivity contribution in [2.24, 2.45) is 0 Å². The van der Waals surface area contributed by atoms with Crippen molar-refractivity contribution in [1.29, 1.82) is 0 Å². The third-order valence-corrected chi connectivity index (χ3v) is 3.60. The summed E-state index contributed by atoms with van der Waals surface area (Å²) in [6.45, 7) is 2.25. The molecule has 23 heavy (non-hydrogen) atoms. The molecule has 0 unspecified atom stereocenters. The molecule has 2 aromatic heterocycles. The number of hydrogen-bond acceptors (Lipinski definition) is 5. The molecule has 0 amide bonds. The van der Waals surface area contributed by atoms with Gasteiger partial charge in [-0.05, 0) is 19.1 Å². The first-order chi connectivity index (χ1) is 11.1. The molecule has 118 valence electrons. The molecule has 0 fully saturated rings. The lowest BCUT2D eigenvalue weighted by molar-refractivity contribution is 0.194. The summed E-state index contributed by atoms with van der Waals surface area (Å²) in [5, 5.41) is 13.8. The van der Waals surface area contributed by atoms with E-state index in [1.807, 2.05) is 66.5 Å². The Morgan fingerprint density at radius 3 is 2.65 bits per heavy atom. The molecule has 0 aliphatic carbocycles. The van der Waals surface area contributed by atoms with E-state index in [1.165, 1.54) is 0 Å². The summed E-state index contributed by atoms with van der Waals surface area (Å²) in [7, 11) is 1.93. The monoisotopic (exact) mass is 309 g/mol. The molecule has 0 spiro atoms. The van der Waals surface area contributed by atoms with Crippen LogP contribution < -0.4 is 4.90 Å². The minimum Gasteiger partial charge on any atom is -0.387 e. The normalized spacial score (nSPS) is 12.1. The van der Waals surface area contributed by atoms with Gasteiger partial charge in [-0.3, -0.25) is 0 Å². The number of pyridine rings is 1. The lowest BCUT2D eigenvalue weighted by atomic mass is 10.1. The predicted molar refractivity (Wildman–Crippen MR) is 88.9 cm³/mol. The molecule has 0 saturated heterocycles. The lowest BCUT2D eigenvalue weighted by Gasteiger charge is -2.17. The molecule has 5 nitrogen and oxygen atoms in total. The van der Waals surface area contributed by atoms with Gasteiger partial charge in [0.05, 0.1) is 18.3 Å². The summed E-state index contributed by atoms with van der Waals surface area (Å²) in [6.07, 6.45) is -0.585. The van der Waals surface area contributed by atoms with Crippen LogP contribution in [0.3, 0.4) is 0 Å². The molecule has 1 aromatic carbocycles. The van der Waals surface area contributed by atoms with E-state index in [1.54, 1.807) is 6.92 Å². The highest BCUT2D eigenvalue weighted by Gasteiger charge is 2.11. The minimum atomic E-state index is -0.585. The number of hydrogen-bond donors (Lipinski definition) is 1. The van der Waals surface area contributed by atoms with E-state index in [4.69, 9.17) is 4.52 Å². The Morgan fingerprint density at radius 1 is 1.13 bits per heavy atom. The Morgan fingerprint density at radius 2 is 1.91 bits per heavy atom. The van der Waals surface area contributed by atoms with Crippen molar-refractivity contribution in [2.45, 2.75) is 19.6 Å². The second-order valence-corrected chi connectivity index (χ2v) is 5.50. The van der Waals surface area contributed by atoms with Gasteiger partial charge < -0.3 is 14.5 Å². The molecule has 3 rings (SSSR count). The van der Waals surface area contributed by atoms with Gasteiger partial charge in [-0.15, -0.1) is 0 Å². The van der Waals surface area contributed by atoms with Crippen LogP contribution in [0.5, 0.6) is 0 Å². The molecule has 3 aromatic rings. The van der Waals surface area contributed by atoms with Gasteiger partial charge in [-0.2, -0.15) is 0 Å². The first-order valence-corrected chi connectivity index (χ1v) is 7.50. The van der Waals surface area contributed by atoms with Crippen LogP contribution in [0.15, 0.2) is 59.1 Å². The Labute approximate surface area is 135 Å². The van der Waals surface area contributed by atoms with E-state index in [9.17, 15) is 5.11 Å². The van der Waals surface area contributed by atoms with Crippen LogP contribution in [0.4, 0.5) is 5.82 Å². The van der Waals surface area contributed by atoms with E-state index in [-0.39, 0.29) is 0 Å². The van der Waals surface area contributed by atoms with Gasteiger partial charge in [0.1, 0.15) is 11.5 Å². The lowest BCUT2D eigenvalue weighted by Crippen LogP contribution is -2.18. The summed E-state index contributed by atoms with van der Waals surface area (Å²) >= 11 is 0. The summed E-state index contributed by atoms with van der Waals surface area (Å²) in [5.74, 6) is 1.54. The van der Waals surface area contributed by atoms with Crippen LogP contribution in [0.25, 0.3) is 11.3 Å². The number of rotatable bonds is 5. The van der Waals surface area contributed by atoms with Crippen molar-refractivity contribution >= 4 is 5.82 Å². The molecule has 5 heteroatoms. The maximum absolute atomic E-state index is 9.64. The maximum atomic E-state index is 9.64. The number of aliphatic hydroxyl groups is 1. The van der Waals surface area contributed by atoms with Crippen LogP contribution in [-0.2, 0) is 6.54 Å². The fourth-order valence-electron chi connectivity index (χ4n) is 2.33. The number of anilines is 1. The van der Waals surface area contributed by atoms with Crippen molar-refractivity contribution < 1.29 is 9.63 Å². The molecule has 0 aliphatic rings. The average molecular weight is 309 g/mol. The fourth-order valence-corrected chi connectivity index (χ4v) is 2.33. The first kappa shape index (κ1) is 15.2. The van der Waals surface area contributed by atoms with Crippen LogP contribution in [-0.4, -0.2) is 22.3 Å². The zero-order valence-electron chi connectivity index (χ0n) is 13.2. The third kappa shape index (κ3) is 3.57. The average Bonchev–Trinajstić information content (AvgIpc) is 3.04. The Bertz CT molecular complexity index is 769. The van der Waals surface area contributed by atoms with E-state index in [0.29, 0.717) is 12.2 Å². The van der Waals surface area contributed by atoms with Gasteiger partial charge in [-0.25, -0.2) is 4.98 Å². The number of benzene rings is 1. The van der Waals surface area contributed by atoms with Gasteiger partial charge in [0.15, 0.2) is 5.76 Å².